The Morgan fingerprint density at radius 3 is 2.92 bits per heavy atom. The lowest BCUT2D eigenvalue weighted by Crippen LogP contribution is -2.45. The topological polar surface area (TPSA) is 50.2 Å². The number of aromatic nitrogens is 2. The van der Waals surface area contributed by atoms with Crippen molar-refractivity contribution < 1.29 is 4.79 Å². The van der Waals surface area contributed by atoms with Gasteiger partial charge in [0.05, 0.1) is 11.4 Å². The highest BCUT2D eigenvalue weighted by Crippen LogP contribution is 2.16. The van der Waals surface area contributed by atoms with Crippen molar-refractivity contribution in [2.75, 3.05) is 18.1 Å². The van der Waals surface area contributed by atoms with Crippen molar-refractivity contribution in [2.45, 2.75) is 32.9 Å². The van der Waals surface area contributed by atoms with Gasteiger partial charge in [-0.05, 0) is 38.2 Å². The molecule has 2 amide bonds. The van der Waals surface area contributed by atoms with Crippen LogP contribution in [0.15, 0.2) is 36.5 Å². The van der Waals surface area contributed by atoms with Crippen LogP contribution in [0.2, 0.25) is 0 Å². The summed E-state index contributed by atoms with van der Waals surface area (Å²) in [6, 6.07) is 10.3. The van der Waals surface area contributed by atoms with E-state index in [2.05, 4.69) is 17.3 Å². The molecule has 1 atom stereocenters. The third-order valence-electron chi connectivity index (χ3n) is 4.40. The van der Waals surface area contributed by atoms with Crippen molar-refractivity contribution in [1.82, 2.24) is 20.0 Å². The summed E-state index contributed by atoms with van der Waals surface area (Å²) in [4.78, 5) is 14.5. The molecule has 0 bridgehead atoms. The maximum absolute atomic E-state index is 12.5. The fraction of sp³-hybridized carbons (Fsp3) is 0.444. The first-order chi connectivity index (χ1) is 11.6. The predicted octanol–water partition coefficient (Wildman–Crippen LogP) is 3.22. The lowest BCUT2D eigenvalue weighted by atomic mass is 10.2. The second-order valence-electron chi connectivity index (χ2n) is 6.12. The van der Waals surface area contributed by atoms with Crippen LogP contribution in [0.25, 0.3) is 5.69 Å². The van der Waals surface area contributed by atoms with E-state index in [0.29, 0.717) is 12.6 Å². The summed E-state index contributed by atoms with van der Waals surface area (Å²) in [5.74, 6) is 2.15. The fourth-order valence-electron chi connectivity index (χ4n) is 2.85. The van der Waals surface area contributed by atoms with Crippen LogP contribution < -0.4 is 5.32 Å². The lowest BCUT2D eigenvalue weighted by Gasteiger charge is -2.26. The van der Waals surface area contributed by atoms with Gasteiger partial charge in [0.25, 0.3) is 0 Å². The van der Waals surface area contributed by atoms with Crippen LogP contribution in [-0.4, -0.2) is 44.8 Å². The number of nitrogens with zero attached hydrogens (tertiary/aromatic N) is 3. The second-order valence-corrected chi connectivity index (χ2v) is 7.35. The van der Waals surface area contributed by atoms with E-state index < -0.39 is 0 Å². The largest absolute Gasteiger partial charge is 0.334 e. The van der Waals surface area contributed by atoms with E-state index in [1.54, 1.807) is 0 Å². The molecule has 0 spiro atoms. The van der Waals surface area contributed by atoms with Gasteiger partial charge >= 0.3 is 6.03 Å². The number of urea groups is 1. The fourth-order valence-corrected chi connectivity index (χ4v) is 3.89. The molecular formula is C18H24N4OS. The Morgan fingerprint density at radius 1 is 1.33 bits per heavy atom. The molecule has 0 radical (unpaired) electrons. The molecule has 3 rings (SSSR count). The zero-order chi connectivity index (χ0) is 16.9. The average molecular weight is 344 g/mol. The van der Waals surface area contributed by atoms with Gasteiger partial charge in [0, 0.05) is 36.6 Å². The average Bonchev–Trinajstić information content (AvgIpc) is 2.83. The van der Waals surface area contributed by atoms with E-state index >= 15 is 0 Å². The summed E-state index contributed by atoms with van der Waals surface area (Å²) in [5, 5.41) is 7.61. The van der Waals surface area contributed by atoms with Crippen LogP contribution in [0.5, 0.6) is 0 Å². The summed E-state index contributed by atoms with van der Waals surface area (Å²) in [7, 11) is 0. The molecule has 1 aromatic carbocycles. The number of aryl methyl sites for hydroxylation is 1. The standard InChI is InChI=1S/C18H24N4OS/c1-14-8-10-24-11-9-21(14)18(23)19-12-16-13-22(20-15(16)2)17-6-4-3-5-7-17/h3-7,13-14H,8-12H2,1-2H3,(H,19,23). The first-order valence-corrected chi connectivity index (χ1v) is 9.53. The summed E-state index contributed by atoms with van der Waals surface area (Å²) < 4.78 is 1.86. The molecule has 1 N–H and O–H groups in total. The van der Waals surface area contributed by atoms with Crippen molar-refractivity contribution in [3.63, 3.8) is 0 Å². The number of hydrogen-bond acceptors (Lipinski definition) is 3. The van der Waals surface area contributed by atoms with Crippen LogP contribution in [0, 0.1) is 6.92 Å². The van der Waals surface area contributed by atoms with Crippen LogP contribution in [0.4, 0.5) is 4.79 Å². The van der Waals surface area contributed by atoms with Gasteiger partial charge in [0.1, 0.15) is 0 Å². The Labute approximate surface area is 147 Å². The smallest absolute Gasteiger partial charge is 0.317 e. The monoisotopic (exact) mass is 344 g/mol. The summed E-state index contributed by atoms with van der Waals surface area (Å²) in [6.45, 7) is 5.43. The Kier molecular flexibility index (Phi) is 5.45. The van der Waals surface area contributed by atoms with E-state index in [1.165, 1.54) is 0 Å². The summed E-state index contributed by atoms with van der Waals surface area (Å²) in [5.41, 5.74) is 3.01. The van der Waals surface area contributed by atoms with Gasteiger partial charge in [0.15, 0.2) is 0 Å². The first-order valence-electron chi connectivity index (χ1n) is 8.38. The van der Waals surface area contributed by atoms with Gasteiger partial charge in [-0.15, -0.1) is 0 Å². The highest BCUT2D eigenvalue weighted by Gasteiger charge is 2.22. The van der Waals surface area contributed by atoms with Crippen molar-refractivity contribution in [3.05, 3.63) is 47.8 Å². The van der Waals surface area contributed by atoms with E-state index in [4.69, 9.17) is 0 Å². The quantitative estimate of drug-likeness (QED) is 0.930. The Morgan fingerprint density at radius 2 is 2.12 bits per heavy atom. The summed E-state index contributed by atoms with van der Waals surface area (Å²) in [6.07, 6.45) is 3.05. The molecular weight excluding hydrogens is 320 g/mol. The molecule has 2 heterocycles. The molecule has 1 aliphatic heterocycles. The number of rotatable bonds is 3. The third kappa shape index (κ3) is 3.93. The second kappa shape index (κ2) is 7.75. The molecule has 0 aliphatic carbocycles. The van der Waals surface area contributed by atoms with Crippen LogP contribution in [-0.2, 0) is 6.54 Å². The number of carbonyl (C=O) groups is 1. The molecule has 2 aromatic rings. The van der Waals surface area contributed by atoms with E-state index in [1.807, 2.05) is 64.8 Å². The molecule has 0 saturated carbocycles. The minimum atomic E-state index is 0.0249. The van der Waals surface area contributed by atoms with Gasteiger partial charge in [-0.25, -0.2) is 9.48 Å². The first kappa shape index (κ1) is 16.9. The van der Waals surface area contributed by atoms with Gasteiger partial charge < -0.3 is 10.2 Å². The molecule has 1 unspecified atom stereocenters. The van der Waals surface area contributed by atoms with Crippen LogP contribution >= 0.6 is 11.8 Å². The molecule has 128 valence electrons. The zero-order valence-corrected chi connectivity index (χ0v) is 15.1. The van der Waals surface area contributed by atoms with Gasteiger partial charge in [-0.2, -0.15) is 16.9 Å². The maximum atomic E-state index is 12.5. The van der Waals surface area contributed by atoms with Gasteiger partial charge in [-0.3, -0.25) is 0 Å². The lowest BCUT2D eigenvalue weighted by molar-refractivity contribution is 0.182. The number of thioether (sulfide) groups is 1. The highest BCUT2D eigenvalue weighted by atomic mass is 32.2. The molecule has 5 nitrogen and oxygen atoms in total. The molecule has 24 heavy (non-hydrogen) atoms. The SMILES string of the molecule is Cc1nn(-c2ccccc2)cc1CNC(=O)N1CCSCCC1C. The molecule has 1 saturated heterocycles. The number of nitrogens with one attached hydrogen (secondary N) is 1. The summed E-state index contributed by atoms with van der Waals surface area (Å²) >= 11 is 1.92. The van der Waals surface area contributed by atoms with Gasteiger partial charge in [0.2, 0.25) is 0 Å². The van der Waals surface area contributed by atoms with Gasteiger partial charge in [-0.1, -0.05) is 18.2 Å². The molecule has 1 aromatic heterocycles. The minimum absolute atomic E-state index is 0.0249. The number of amides is 2. The van der Waals surface area contributed by atoms with Crippen molar-refractivity contribution in [3.8, 4) is 5.69 Å². The van der Waals surface area contributed by atoms with E-state index in [0.717, 1.165) is 41.4 Å². The molecule has 1 aliphatic rings. The van der Waals surface area contributed by atoms with Crippen LogP contribution in [0.1, 0.15) is 24.6 Å². The van der Waals surface area contributed by atoms with E-state index in [9.17, 15) is 4.79 Å². The predicted molar refractivity (Wildman–Crippen MR) is 98.6 cm³/mol. The zero-order valence-electron chi connectivity index (χ0n) is 14.2. The Balaban J connectivity index is 1.64. The Bertz CT molecular complexity index is 686. The van der Waals surface area contributed by atoms with Crippen molar-refractivity contribution in [2.24, 2.45) is 0 Å². The third-order valence-corrected chi connectivity index (χ3v) is 5.40. The van der Waals surface area contributed by atoms with Crippen molar-refractivity contribution in [1.29, 1.82) is 0 Å². The normalized spacial score (nSPS) is 18.2. The number of hydrogen-bond donors (Lipinski definition) is 1. The van der Waals surface area contributed by atoms with Crippen LogP contribution in [0.3, 0.4) is 0 Å². The van der Waals surface area contributed by atoms with Crippen molar-refractivity contribution >= 4 is 17.8 Å². The minimum Gasteiger partial charge on any atom is -0.334 e. The number of benzene rings is 1. The van der Waals surface area contributed by atoms with E-state index in [-0.39, 0.29) is 6.03 Å². The highest BCUT2D eigenvalue weighted by molar-refractivity contribution is 7.99. The number of carbonyl (C=O) groups excluding carboxylic acids is 1. The number of para-hydroxylation sites is 1. The molecule has 1 fully saturated rings. The molecule has 6 heteroatoms. The maximum Gasteiger partial charge on any atom is 0.317 e. The Hall–Kier alpha value is -1.95.